The van der Waals surface area contributed by atoms with E-state index in [0.29, 0.717) is 15.8 Å². The van der Waals surface area contributed by atoms with Gasteiger partial charge in [-0.25, -0.2) is 10.2 Å². The molecule has 0 spiro atoms. The first kappa shape index (κ1) is 19.3. The number of hydrazone groups is 1. The number of nitrogens with zero attached hydrogens (tertiary/aromatic N) is 3. The summed E-state index contributed by atoms with van der Waals surface area (Å²) in [7, 11) is 1.70. The van der Waals surface area contributed by atoms with Crippen LogP contribution in [0.4, 0.5) is 0 Å². The number of halogens is 1. The average Bonchev–Trinajstić information content (AvgIpc) is 3.01. The van der Waals surface area contributed by atoms with Crippen molar-refractivity contribution in [3.8, 4) is 11.5 Å². The van der Waals surface area contributed by atoms with Gasteiger partial charge in [0.15, 0.2) is 5.69 Å². The van der Waals surface area contributed by atoms with E-state index in [1.165, 1.54) is 23.0 Å². The maximum atomic E-state index is 12.1. The Labute approximate surface area is 168 Å². The summed E-state index contributed by atoms with van der Waals surface area (Å²) in [4.78, 5) is 24.1. The lowest BCUT2D eigenvalue weighted by atomic mass is 10.2. The second-order valence-electron chi connectivity index (χ2n) is 5.67. The number of phenolic OH excluding ortho intramolecular Hbond substituents is 1. The predicted octanol–water partition coefficient (Wildman–Crippen LogP) is 2.87. The number of phenols is 1. The molecule has 0 bridgehead atoms. The smallest absolute Gasteiger partial charge is 0.365 e. The molecule has 8 nitrogen and oxygen atoms in total. The van der Waals surface area contributed by atoms with Crippen molar-refractivity contribution in [1.82, 2.24) is 15.2 Å². The van der Waals surface area contributed by atoms with E-state index in [1.807, 2.05) is 0 Å². The molecule has 0 atom stereocenters. The highest BCUT2D eigenvalue weighted by Gasteiger charge is 2.16. The average molecular weight is 443 g/mol. The number of aromatic hydroxyl groups is 1. The number of aromatic nitrogens is 2. The second-order valence-corrected chi connectivity index (χ2v) is 6.53. The highest BCUT2D eigenvalue weighted by atomic mass is 79.9. The molecule has 0 saturated carbocycles. The SMILES string of the molecule is Cn1cc(Br)c(C(=O)Oc2ccc(/C=N\NC(=O)c3ccccc3O)cc2)n1. The van der Waals surface area contributed by atoms with Gasteiger partial charge in [0.05, 0.1) is 16.3 Å². The maximum Gasteiger partial charge on any atom is 0.365 e. The van der Waals surface area contributed by atoms with E-state index in [9.17, 15) is 14.7 Å². The molecule has 9 heteroatoms. The lowest BCUT2D eigenvalue weighted by Crippen LogP contribution is -2.17. The van der Waals surface area contributed by atoms with Crippen molar-refractivity contribution in [2.75, 3.05) is 0 Å². The minimum atomic E-state index is -0.580. The molecule has 1 amide bonds. The van der Waals surface area contributed by atoms with Crippen LogP contribution < -0.4 is 10.2 Å². The van der Waals surface area contributed by atoms with Gasteiger partial charge in [0.1, 0.15) is 11.5 Å². The number of carbonyl (C=O) groups is 2. The number of para-hydroxylation sites is 1. The monoisotopic (exact) mass is 442 g/mol. The van der Waals surface area contributed by atoms with E-state index in [1.54, 1.807) is 49.6 Å². The molecule has 0 radical (unpaired) electrons. The number of ether oxygens (including phenoxy) is 1. The summed E-state index contributed by atoms with van der Waals surface area (Å²) in [5, 5.41) is 17.5. The number of amides is 1. The third-order valence-corrected chi connectivity index (χ3v) is 4.18. The molecule has 3 rings (SSSR count). The molecule has 0 aliphatic rings. The summed E-state index contributed by atoms with van der Waals surface area (Å²) < 4.78 is 7.33. The van der Waals surface area contributed by atoms with Crippen molar-refractivity contribution in [2.24, 2.45) is 12.1 Å². The zero-order valence-electron chi connectivity index (χ0n) is 14.7. The van der Waals surface area contributed by atoms with Crippen LogP contribution in [0.3, 0.4) is 0 Å². The Kier molecular flexibility index (Phi) is 5.85. The highest BCUT2D eigenvalue weighted by molar-refractivity contribution is 9.10. The summed E-state index contributed by atoms with van der Waals surface area (Å²) in [6, 6.07) is 12.7. The zero-order valence-corrected chi connectivity index (χ0v) is 16.3. The molecule has 0 saturated heterocycles. The van der Waals surface area contributed by atoms with Gasteiger partial charge in [0, 0.05) is 13.2 Å². The quantitative estimate of drug-likeness (QED) is 0.273. The van der Waals surface area contributed by atoms with Gasteiger partial charge in [-0.2, -0.15) is 10.2 Å². The Bertz CT molecular complexity index is 1040. The van der Waals surface area contributed by atoms with Crippen LogP contribution in [0, 0.1) is 0 Å². The maximum absolute atomic E-state index is 12.1. The molecule has 3 aromatic rings. The molecular weight excluding hydrogens is 428 g/mol. The Morgan fingerprint density at radius 1 is 1.21 bits per heavy atom. The molecule has 1 aromatic heterocycles. The number of esters is 1. The molecule has 2 aromatic carbocycles. The lowest BCUT2D eigenvalue weighted by molar-refractivity contribution is 0.0726. The van der Waals surface area contributed by atoms with Gasteiger partial charge < -0.3 is 9.84 Å². The fourth-order valence-corrected chi connectivity index (χ4v) is 2.80. The van der Waals surface area contributed by atoms with Crippen LogP contribution in [0.15, 0.2) is 64.3 Å². The number of carbonyl (C=O) groups excluding carboxylic acids is 2. The summed E-state index contributed by atoms with van der Waals surface area (Å²) in [5.74, 6) is -0.886. The van der Waals surface area contributed by atoms with E-state index >= 15 is 0 Å². The fourth-order valence-electron chi connectivity index (χ4n) is 2.27. The van der Waals surface area contributed by atoms with Crippen molar-refractivity contribution in [2.45, 2.75) is 0 Å². The van der Waals surface area contributed by atoms with Crippen molar-refractivity contribution >= 4 is 34.0 Å². The third kappa shape index (κ3) is 4.63. The molecule has 0 aliphatic carbocycles. The van der Waals surface area contributed by atoms with E-state index in [-0.39, 0.29) is 17.0 Å². The van der Waals surface area contributed by atoms with E-state index in [2.05, 4.69) is 31.6 Å². The number of hydrogen-bond donors (Lipinski definition) is 2. The Morgan fingerprint density at radius 2 is 1.93 bits per heavy atom. The zero-order chi connectivity index (χ0) is 20.1. The first-order chi connectivity index (χ1) is 13.4. The number of hydrogen-bond acceptors (Lipinski definition) is 6. The van der Waals surface area contributed by atoms with Gasteiger partial charge in [-0.3, -0.25) is 9.48 Å². The fraction of sp³-hybridized carbons (Fsp3) is 0.0526. The number of benzene rings is 2. The molecule has 0 unspecified atom stereocenters. The Balaban J connectivity index is 1.59. The second kappa shape index (κ2) is 8.49. The molecule has 142 valence electrons. The van der Waals surface area contributed by atoms with Gasteiger partial charge in [-0.1, -0.05) is 12.1 Å². The standard InChI is InChI=1S/C19H15BrN4O4/c1-24-11-15(20)17(23-24)19(27)28-13-8-6-12(7-9-13)10-21-22-18(26)14-4-2-3-5-16(14)25/h2-11,25H,1H3,(H,22,26)/b21-10-. The molecule has 1 heterocycles. The minimum absolute atomic E-state index is 0.124. The van der Waals surface area contributed by atoms with Gasteiger partial charge in [0.2, 0.25) is 0 Å². The van der Waals surface area contributed by atoms with Crippen molar-refractivity contribution in [3.63, 3.8) is 0 Å². The minimum Gasteiger partial charge on any atom is -0.507 e. The van der Waals surface area contributed by atoms with Gasteiger partial charge in [-0.15, -0.1) is 0 Å². The normalized spacial score (nSPS) is 10.8. The van der Waals surface area contributed by atoms with E-state index < -0.39 is 11.9 Å². The van der Waals surface area contributed by atoms with Crippen LogP contribution in [-0.2, 0) is 7.05 Å². The van der Waals surface area contributed by atoms with Gasteiger partial charge in [0.25, 0.3) is 5.91 Å². The molecule has 0 aliphatic heterocycles. The molecular formula is C19H15BrN4O4. The van der Waals surface area contributed by atoms with Crippen LogP contribution in [0.5, 0.6) is 11.5 Å². The van der Waals surface area contributed by atoms with E-state index in [4.69, 9.17) is 4.74 Å². The number of nitrogens with one attached hydrogen (secondary N) is 1. The van der Waals surface area contributed by atoms with Crippen LogP contribution in [0.25, 0.3) is 0 Å². The first-order valence-electron chi connectivity index (χ1n) is 8.07. The van der Waals surface area contributed by atoms with Crippen molar-refractivity contribution in [1.29, 1.82) is 0 Å². The summed E-state index contributed by atoms with van der Waals surface area (Å²) in [6.45, 7) is 0. The molecule has 28 heavy (non-hydrogen) atoms. The Hall–Kier alpha value is -3.46. The predicted molar refractivity (Wildman–Crippen MR) is 105 cm³/mol. The van der Waals surface area contributed by atoms with Crippen LogP contribution in [0.1, 0.15) is 26.4 Å². The van der Waals surface area contributed by atoms with Gasteiger partial charge in [-0.05, 0) is 57.9 Å². The van der Waals surface area contributed by atoms with Crippen LogP contribution >= 0.6 is 15.9 Å². The molecule has 2 N–H and O–H groups in total. The van der Waals surface area contributed by atoms with Crippen molar-refractivity contribution < 1.29 is 19.4 Å². The largest absolute Gasteiger partial charge is 0.507 e. The highest BCUT2D eigenvalue weighted by Crippen LogP contribution is 2.18. The number of rotatable bonds is 5. The van der Waals surface area contributed by atoms with Crippen LogP contribution in [0.2, 0.25) is 0 Å². The first-order valence-corrected chi connectivity index (χ1v) is 8.86. The van der Waals surface area contributed by atoms with Gasteiger partial charge >= 0.3 is 5.97 Å². The Morgan fingerprint density at radius 3 is 2.57 bits per heavy atom. The summed E-state index contributed by atoms with van der Waals surface area (Å²) in [5.41, 5.74) is 3.32. The van der Waals surface area contributed by atoms with Crippen LogP contribution in [-0.4, -0.2) is 33.0 Å². The van der Waals surface area contributed by atoms with E-state index in [0.717, 1.165) is 0 Å². The van der Waals surface area contributed by atoms with Crippen molar-refractivity contribution in [3.05, 3.63) is 76.0 Å². The summed E-state index contributed by atoms with van der Waals surface area (Å²) in [6.07, 6.45) is 3.08. The molecule has 0 fully saturated rings. The topological polar surface area (TPSA) is 106 Å². The third-order valence-electron chi connectivity index (χ3n) is 3.60. The lowest BCUT2D eigenvalue weighted by Gasteiger charge is -2.03. The number of aryl methyl sites for hydroxylation is 1. The summed E-state index contributed by atoms with van der Waals surface area (Å²) >= 11 is 3.25.